The lowest BCUT2D eigenvalue weighted by Crippen LogP contribution is -2.09. The molecular weight excluding hydrogens is 436 g/mol. The number of rotatable bonds is 5. The Morgan fingerprint density at radius 1 is 1.19 bits per heavy atom. The molecule has 6 nitrogen and oxygen atoms in total. The van der Waals surface area contributed by atoms with Crippen LogP contribution in [-0.2, 0) is 0 Å². The van der Waals surface area contributed by atoms with Crippen LogP contribution in [0.15, 0.2) is 36.8 Å². The summed E-state index contributed by atoms with van der Waals surface area (Å²) in [5.41, 5.74) is 8.27. The van der Waals surface area contributed by atoms with Crippen molar-refractivity contribution in [3.05, 3.63) is 59.0 Å². The highest BCUT2D eigenvalue weighted by Crippen LogP contribution is 2.35. The molecule has 1 fully saturated rings. The van der Waals surface area contributed by atoms with Crippen LogP contribution in [0.2, 0.25) is 5.02 Å². The van der Waals surface area contributed by atoms with Gasteiger partial charge in [-0.2, -0.15) is 5.10 Å². The summed E-state index contributed by atoms with van der Waals surface area (Å²) in [6.07, 6.45) is 8.93. The molecule has 0 spiro atoms. The van der Waals surface area contributed by atoms with Gasteiger partial charge in [-0.15, -0.1) is 0 Å². The molecule has 3 aromatic rings. The molecule has 1 aromatic carbocycles. The second kappa shape index (κ2) is 9.24. The Balaban J connectivity index is 1.57. The molecule has 0 bridgehead atoms. The zero-order chi connectivity index (χ0) is 22.8. The van der Waals surface area contributed by atoms with Crippen molar-refractivity contribution in [2.45, 2.75) is 51.2 Å². The average molecular weight is 460 g/mol. The van der Waals surface area contributed by atoms with Crippen molar-refractivity contribution in [1.29, 1.82) is 5.41 Å². The third kappa shape index (κ3) is 4.60. The summed E-state index contributed by atoms with van der Waals surface area (Å²) in [5, 5.41) is 12.1. The van der Waals surface area contributed by atoms with Crippen LogP contribution < -0.4 is 10.5 Å². The monoisotopic (exact) mass is 459 g/mol. The molecule has 1 saturated carbocycles. The second-order valence-corrected chi connectivity index (χ2v) is 8.40. The molecule has 168 valence electrons. The summed E-state index contributed by atoms with van der Waals surface area (Å²) in [5.74, 6) is -1.02. The topological polar surface area (TPSA) is 89.8 Å². The molecule has 2 atom stereocenters. The molecule has 32 heavy (non-hydrogen) atoms. The van der Waals surface area contributed by atoms with Crippen molar-refractivity contribution >= 4 is 23.1 Å². The zero-order valence-corrected chi connectivity index (χ0v) is 18.4. The molecule has 9 heteroatoms. The molecule has 2 heterocycles. The first kappa shape index (κ1) is 22.2. The fourth-order valence-corrected chi connectivity index (χ4v) is 4.29. The molecule has 3 N–H and O–H groups in total. The minimum absolute atomic E-state index is 0.0804. The minimum Gasteiger partial charge on any atom is -0.482 e. The third-order valence-corrected chi connectivity index (χ3v) is 6.16. The van der Waals surface area contributed by atoms with Crippen LogP contribution >= 0.6 is 11.6 Å². The van der Waals surface area contributed by atoms with Crippen LogP contribution in [-0.4, -0.2) is 20.5 Å². The normalized spacial score (nSPS) is 17.8. The van der Waals surface area contributed by atoms with E-state index in [4.69, 9.17) is 27.5 Å². The number of hydrogen-bond acceptors (Lipinski definition) is 5. The van der Waals surface area contributed by atoms with Crippen molar-refractivity contribution in [2.75, 3.05) is 5.73 Å². The maximum Gasteiger partial charge on any atom is 0.166 e. The number of ether oxygens (including phenoxy) is 1. The van der Waals surface area contributed by atoms with Gasteiger partial charge in [0.05, 0.1) is 17.3 Å². The fraction of sp³-hybridized carbons (Fsp3) is 0.348. The van der Waals surface area contributed by atoms with Crippen molar-refractivity contribution < 1.29 is 13.5 Å². The lowest BCUT2D eigenvalue weighted by molar-refractivity contribution is 0.221. The number of hydrogen-bond donors (Lipinski definition) is 2. The molecule has 2 aromatic heterocycles. The summed E-state index contributed by atoms with van der Waals surface area (Å²) in [4.78, 5) is 4.20. The van der Waals surface area contributed by atoms with Gasteiger partial charge in [0.25, 0.3) is 0 Å². The third-order valence-electron chi connectivity index (χ3n) is 5.78. The van der Waals surface area contributed by atoms with E-state index in [0.717, 1.165) is 61.1 Å². The van der Waals surface area contributed by atoms with Crippen molar-refractivity contribution in [2.24, 2.45) is 0 Å². The Morgan fingerprint density at radius 2 is 1.97 bits per heavy atom. The Labute approximate surface area is 189 Å². The SMILES string of the molecule is C[C@@H](Oc1cc(-c2cnn(C3CCCC(=N)CC3)c2)cnc1N)c1c(F)ccc(F)c1Cl. The zero-order valence-electron chi connectivity index (χ0n) is 17.6. The number of nitrogen functional groups attached to an aromatic ring is 1. The molecule has 1 aliphatic carbocycles. The van der Waals surface area contributed by atoms with Gasteiger partial charge >= 0.3 is 0 Å². The van der Waals surface area contributed by atoms with Gasteiger partial charge in [-0.05, 0) is 57.2 Å². The average Bonchev–Trinajstić information content (AvgIpc) is 3.15. The summed E-state index contributed by atoms with van der Waals surface area (Å²) in [7, 11) is 0. The van der Waals surface area contributed by atoms with Crippen LogP contribution in [0.5, 0.6) is 5.75 Å². The van der Waals surface area contributed by atoms with Gasteiger partial charge in [0.2, 0.25) is 0 Å². The maximum atomic E-state index is 14.3. The summed E-state index contributed by atoms with van der Waals surface area (Å²) >= 11 is 5.96. The number of benzene rings is 1. The predicted molar refractivity (Wildman–Crippen MR) is 120 cm³/mol. The number of anilines is 1. The van der Waals surface area contributed by atoms with Crippen LogP contribution in [0.25, 0.3) is 11.1 Å². The van der Waals surface area contributed by atoms with E-state index in [-0.39, 0.29) is 28.2 Å². The van der Waals surface area contributed by atoms with E-state index in [0.29, 0.717) is 0 Å². The first-order chi connectivity index (χ1) is 15.3. The van der Waals surface area contributed by atoms with E-state index in [1.807, 2.05) is 10.9 Å². The Hall–Kier alpha value is -3.00. The summed E-state index contributed by atoms with van der Waals surface area (Å²) < 4.78 is 35.8. The standard InChI is InChI=1S/C23H24ClF2N5O/c1-13(21-18(25)7-8-19(26)22(21)24)32-20-9-14(10-29-23(20)28)15-11-30-31(12-15)17-4-2-3-16(27)5-6-17/h7-13,17,27H,2-6H2,1H3,(H2,28,29)/t13-,17?/m1/s1. The quantitative estimate of drug-likeness (QED) is 0.355. The molecule has 4 rings (SSSR count). The number of aromatic nitrogens is 3. The van der Waals surface area contributed by atoms with Crippen molar-refractivity contribution in [1.82, 2.24) is 14.8 Å². The van der Waals surface area contributed by atoms with Gasteiger partial charge in [0.1, 0.15) is 17.7 Å². The van der Waals surface area contributed by atoms with E-state index in [1.54, 1.807) is 25.4 Å². The van der Waals surface area contributed by atoms with E-state index < -0.39 is 17.7 Å². The van der Waals surface area contributed by atoms with Crippen molar-refractivity contribution in [3.8, 4) is 16.9 Å². The van der Waals surface area contributed by atoms with Gasteiger partial charge < -0.3 is 15.9 Å². The fourth-order valence-electron chi connectivity index (χ4n) is 3.98. The number of pyridine rings is 1. The minimum atomic E-state index is -0.887. The van der Waals surface area contributed by atoms with E-state index in [1.165, 1.54) is 0 Å². The van der Waals surface area contributed by atoms with Gasteiger partial charge in [-0.25, -0.2) is 13.8 Å². The highest BCUT2D eigenvalue weighted by Gasteiger charge is 2.22. The lowest BCUT2D eigenvalue weighted by Gasteiger charge is -2.18. The number of nitrogens with one attached hydrogen (secondary N) is 1. The van der Waals surface area contributed by atoms with Gasteiger partial charge in [0, 0.05) is 34.8 Å². The molecule has 0 amide bonds. The molecule has 1 aliphatic rings. The van der Waals surface area contributed by atoms with E-state index in [9.17, 15) is 8.78 Å². The molecule has 1 unspecified atom stereocenters. The van der Waals surface area contributed by atoms with Gasteiger partial charge in [-0.1, -0.05) is 11.6 Å². The van der Waals surface area contributed by atoms with E-state index >= 15 is 0 Å². The second-order valence-electron chi connectivity index (χ2n) is 8.02. The molecule has 0 saturated heterocycles. The molecule has 0 radical (unpaired) electrons. The summed E-state index contributed by atoms with van der Waals surface area (Å²) in [6.45, 7) is 1.57. The lowest BCUT2D eigenvalue weighted by atomic mass is 10.1. The predicted octanol–water partition coefficient (Wildman–Crippen LogP) is 6.12. The first-order valence-corrected chi connectivity index (χ1v) is 10.9. The number of nitrogens with zero attached hydrogens (tertiary/aromatic N) is 3. The van der Waals surface area contributed by atoms with Gasteiger partial charge in [0.15, 0.2) is 11.6 Å². The molecule has 0 aliphatic heterocycles. The molecular formula is C23H24ClF2N5O. The first-order valence-electron chi connectivity index (χ1n) is 10.5. The van der Waals surface area contributed by atoms with Crippen LogP contribution in [0.3, 0.4) is 0 Å². The number of halogens is 3. The van der Waals surface area contributed by atoms with Crippen LogP contribution in [0.1, 0.15) is 56.7 Å². The highest BCUT2D eigenvalue weighted by molar-refractivity contribution is 6.31. The Bertz CT molecular complexity index is 1150. The Morgan fingerprint density at radius 3 is 2.78 bits per heavy atom. The van der Waals surface area contributed by atoms with Crippen LogP contribution in [0, 0.1) is 17.0 Å². The van der Waals surface area contributed by atoms with Gasteiger partial charge in [-0.3, -0.25) is 4.68 Å². The number of nitrogens with two attached hydrogens (primary N) is 1. The summed E-state index contributed by atoms with van der Waals surface area (Å²) in [6, 6.07) is 3.94. The smallest absolute Gasteiger partial charge is 0.166 e. The van der Waals surface area contributed by atoms with E-state index in [2.05, 4.69) is 10.1 Å². The van der Waals surface area contributed by atoms with Crippen LogP contribution in [0.4, 0.5) is 14.6 Å². The largest absolute Gasteiger partial charge is 0.482 e. The maximum absolute atomic E-state index is 14.3. The highest BCUT2D eigenvalue weighted by atomic mass is 35.5. The van der Waals surface area contributed by atoms with Crippen molar-refractivity contribution in [3.63, 3.8) is 0 Å². The Kier molecular flexibility index (Phi) is 6.41.